The summed E-state index contributed by atoms with van der Waals surface area (Å²) in [4.78, 5) is 65.3. The van der Waals surface area contributed by atoms with Gasteiger partial charge < -0.3 is 29.8 Å². The van der Waals surface area contributed by atoms with Crippen LogP contribution in [0.3, 0.4) is 0 Å². The number of ether oxygens (including phenoxy) is 1. The van der Waals surface area contributed by atoms with Gasteiger partial charge in [-0.3, -0.25) is 19.2 Å². The van der Waals surface area contributed by atoms with Crippen LogP contribution in [0.2, 0.25) is 0 Å². The quantitative estimate of drug-likeness (QED) is 0.162. The standard InChI is InChI=1S/C34H39F2N5O7/c1-4-21(5-2)19-47-30(42)11-9-24(18-23-12-13-37-31(23)43)38-33(45)29(17-22-8-10-25(35)26(36)16-22)41-14-6-7-27(34(41)46)39-32(44)28-15-20(3)48-40-28/h6-11,14-16,21,23-24,29H,4-5,12-13,17-19H2,1-3H3,(H,37,43)(H,38,45)(H,39,44)/b11-9+/t23-,24+,29-/m0/s1. The van der Waals surface area contributed by atoms with Crippen LogP contribution in [0.25, 0.3) is 0 Å². The van der Waals surface area contributed by atoms with Crippen LogP contribution in [0.4, 0.5) is 14.5 Å². The molecule has 0 spiro atoms. The Morgan fingerprint density at radius 2 is 1.92 bits per heavy atom. The maximum Gasteiger partial charge on any atom is 0.330 e. The van der Waals surface area contributed by atoms with Crippen LogP contribution < -0.4 is 21.5 Å². The van der Waals surface area contributed by atoms with Crippen molar-refractivity contribution in [3.8, 4) is 0 Å². The molecule has 48 heavy (non-hydrogen) atoms. The van der Waals surface area contributed by atoms with Crippen molar-refractivity contribution in [2.75, 3.05) is 18.5 Å². The van der Waals surface area contributed by atoms with Crippen LogP contribution in [0.5, 0.6) is 0 Å². The molecule has 0 saturated carbocycles. The first-order valence-corrected chi connectivity index (χ1v) is 15.8. The molecule has 3 atom stereocenters. The smallest absolute Gasteiger partial charge is 0.330 e. The van der Waals surface area contributed by atoms with E-state index in [9.17, 15) is 32.8 Å². The molecule has 3 N–H and O–H groups in total. The molecule has 3 heterocycles. The molecular formula is C34H39F2N5O7. The summed E-state index contributed by atoms with van der Waals surface area (Å²) in [6, 6.07) is 5.12. The molecule has 3 aromatic rings. The first-order chi connectivity index (χ1) is 23.0. The molecule has 1 aliphatic heterocycles. The van der Waals surface area contributed by atoms with Gasteiger partial charge in [-0.05, 0) is 55.5 Å². The van der Waals surface area contributed by atoms with Gasteiger partial charge in [0.05, 0.1) is 6.61 Å². The first-order valence-electron chi connectivity index (χ1n) is 15.8. The second-order valence-electron chi connectivity index (χ2n) is 11.7. The lowest BCUT2D eigenvalue weighted by Gasteiger charge is -2.24. The van der Waals surface area contributed by atoms with Gasteiger partial charge in [0, 0.05) is 43.3 Å². The van der Waals surface area contributed by atoms with Crippen molar-refractivity contribution < 1.29 is 37.2 Å². The lowest BCUT2D eigenvalue weighted by Crippen LogP contribution is -2.43. The largest absolute Gasteiger partial charge is 0.462 e. The third-order valence-electron chi connectivity index (χ3n) is 8.24. The van der Waals surface area contributed by atoms with E-state index in [2.05, 4.69) is 21.1 Å². The summed E-state index contributed by atoms with van der Waals surface area (Å²) >= 11 is 0. The second-order valence-corrected chi connectivity index (χ2v) is 11.7. The van der Waals surface area contributed by atoms with Crippen molar-refractivity contribution in [2.45, 2.75) is 65.0 Å². The van der Waals surface area contributed by atoms with Crippen molar-refractivity contribution in [1.29, 1.82) is 0 Å². The molecule has 1 aromatic carbocycles. The normalized spacial score (nSPS) is 15.7. The summed E-state index contributed by atoms with van der Waals surface area (Å²) in [7, 11) is 0. The molecule has 1 fully saturated rings. The minimum atomic E-state index is -1.33. The van der Waals surface area contributed by atoms with Crippen molar-refractivity contribution in [2.24, 2.45) is 11.8 Å². The number of aromatic nitrogens is 2. The average molecular weight is 668 g/mol. The van der Waals surface area contributed by atoms with Gasteiger partial charge in [-0.1, -0.05) is 44.0 Å². The van der Waals surface area contributed by atoms with Crippen LogP contribution >= 0.6 is 0 Å². The monoisotopic (exact) mass is 667 g/mol. The third kappa shape index (κ3) is 9.46. The van der Waals surface area contributed by atoms with E-state index >= 15 is 0 Å². The maximum atomic E-state index is 14.2. The molecule has 14 heteroatoms. The minimum Gasteiger partial charge on any atom is -0.462 e. The van der Waals surface area contributed by atoms with E-state index < -0.39 is 53.0 Å². The third-order valence-corrected chi connectivity index (χ3v) is 8.24. The van der Waals surface area contributed by atoms with Crippen molar-refractivity contribution in [3.63, 3.8) is 0 Å². The molecule has 2 aromatic heterocycles. The predicted molar refractivity (Wildman–Crippen MR) is 171 cm³/mol. The SMILES string of the molecule is CCC(CC)COC(=O)/C=C/[C@H](C[C@@H]1CCNC1=O)NC(=O)[C@H](Cc1ccc(F)c(F)c1)n1cccc(NC(=O)c2cc(C)on2)c1=O. The van der Waals surface area contributed by atoms with E-state index in [-0.39, 0.29) is 48.2 Å². The second kappa shape index (κ2) is 16.6. The van der Waals surface area contributed by atoms with Crippen LogP contribution in [-0.2, 0) is 25.5 Å². The number of esters is 1. The molecule has 256 valence electrons. The van der Waals surface area contributed by atoms with Crippen molar-refractivity contribution in [1.82, 2.24) is 20.4 Å². The van der Waals surface area contributed by atoms with Crippen LogP contribution in [-0.4, -0.2) is 52.6 Å². The van der Waals surface area contributed by atoms with Crippen LogP contribution in [0, 0.1) is 30.4 Å². The van der Waals surface area contributed by atoms with E-state index in [0.717, 1.165) is 29.5 Å². The highest BCUT2D eigenvalue weighted by Gasteiger charge is 2.30. The molecule has 0 radical (unpaired) electrons. The highest BCUT2D eigenvalue weighted by molar-refractivity contribution is 6.02. The van der Waals surface area contributed by atoms with Gasteiger partial charge in [-0.2, -0.15) is 0 Å². The summed E-state index contributed by atoms with van der Waals surface area (Å²) in [5.74, 6) is -4.33. The summed E-state index contributed by atoms with van der Waals surface area (Å²) in [5.41, 5.74) is -0.797. The molecule has 3 amide bonds. The Hall–Kier alpha value is -5.14. The molecule has 12 nitrogen and oxygen atoms in total. The summed E-state index contributed by atoms with van der Waals surface area (Å²) < 4.78 is 39.3. The molecular weight excluding hydrogens is 628 g/mol. The Balaban J connectivity index is 1.63. The van der Waals surface area contributed by atoms with Crippen molar-refractivity contribution in [3.05, 3.63) is 93.8 Å². The number of pyridine rings is 1. The fraction of sp³-hybridized carbons (Fsp3) is 0.412. The number of rotatable bonds is 15. The average Bonchev–Trinajstić information content (AvgIpc) is 3.69. The number of nitrogens with zero attached hydrogens (tertiary/aromatic N) is 2. The molecule has 0 unspecified atom stereocenters. The number of aryl methyl sites for hydroxylation is 1. The summed E-state index contributed by atoms with van der Waals surface area (Å²) in [5, 5.41) is 11.7. The van der Waals surface area contributed by atoms with E-state index in [0.29, 0.717) is 18.7 Å². The van der Waals surface area contributed by atoms with Crippen LogP contribution in [0.15, 0.2) is 64.1 Å². The number of benzene rings is 1. The molecule has 1 saturated heterocycles. The molecule has 1 aliphatic rings. The fourth-order valence-electron chi connectivity index (χ4n) is 5.33. The van der Waals surface area contributed by atoms with Gasteiger partial charge in [0.15, 0.2) is 17.3 Å². The minimum absolute atomic E-state index is 0.0672. The van der Waals surface area contributed by atoms with Gasteiger partial charge >= 0.3 is 5.97 Å². The van der Waals surface area contributed by atoms with Gasteiger partial charge in [-0.25, -0.2) is 13.6 Å². The summed E-state index contributed by atoms with van der Waals surface area (Å²) in [6.45, 7) is 6.30. The zero-order valence-corrected chi connectivity index (χ0v) is 27.0. The number of anilines is 1. The van der Waals surface area contributed by atoms with Gasteiger partial charge in [0.25, 0.3) is 11.5 Å². The highest BCUT2D eigenvalue weighted by atomic mass is 19.2. The first kappa shape index (κ1) is 35.7. The number of nitrogens with one attached hydrogen (secondary N) is 3. The Kier molecular flexibility index (Phi) is 12.4. The Morgan fingerprint density at radius 1 is 1.15 bits per heavy atom. The van der Waals surface area contributed by atoms with Crippen LogP contribution in [0.1, 0.15) is 67.4 Å². The van der Waals surface area contributed by atoms with Gasteiger partial charge in [0.1, 0.15) is 17.5 Å². The lowest BCUT2D eigenvalue weighted by molar-refractivity contribution is -0.139. The van der Waals surface area contributed by atoms with Gasteiger partial charge in [0.2, 0.25) is 11.8 Å². The number of carbonyl (C=O) groups excluding carboxylic acids is 4. The zero-order valence-electron chi connectivity index (χ0n) is 27.0. The van der Waals surface area contributed by atoms with Crippen molar-refractivity contribution >= 4 is 29.4 Å². The Labute approximate surface area is 275 Å². The van der Waals surface area contributed by atoms with E-state index in [1.807, 2.05) is 13.8 Å². The number of carbonyl (C=O) groups is 4. The number of hydrogen-bond acceptors (Lipinski definition) is 8. The molecule has 0 bridgehead atoms. The number of amides is 3. The van der Waals surface area contributed by atoms with E-state index in [1.54, 1.807) is 6.92 Å². The van der Waals surface area contributed by atoms with E-state index in [1.165, 1.54) is 42.6 Å². The maximum absolute atomic E-state index is 14.2. The number of halogens is 2. The van der Waals surface area contributed by atoms with E-state index in [4.69, 9.17) is 9.26 Å². The molecule has 0 aliphatic carbocycles. The number of hydrogen-bond donors (Lipinski definition) is 3. The Morgan fingerprint density at radius 3 is 2.56 bits per heavy atom. The topological polar surface area (TPSA) is 162 Å². The Bertz CT molecular complexity index is 1720. The zero-order chi connectivity index (χ0) is 34.8. The lowest BCUT2D eigenvalue weighted by atomic mass is 9.97. The predicted octanol–water partition coefficient (Wildman–Crippen LogP) is 4.01. The van der Waals surface area contributed by atoms with Gasteiger partial charge in [-0.15, -0.1) is 0 Å². The fourth-order valence-corrected chi connectivity index (χ4v) is 5.33. The highest BCUT2D eigenvalue weighted by Crippen LogP contribution is 2.21. The summed E-state index contributed by atoms with van der Waals surface area (Å²) in [6.07, 6.45) is 6.05. The molecule has 4 rings (SSSR count).